The van der Waals surface area contributed by atoms with Crippen LogP contribution in [0.4, 0.5) is 13.2 Å². The molecule has 1 aliphatic rings. The summed E-state index contributed by atoms with van der Waals surface area (Å²) in [5, 5.41) is 29.9. The number of amides is 2. The first-order chi connectivity index (χ1) is 13.9. The topological polar surface area (TPSA) is 110 Å². The van der Waals surface area contributed by atoms with E-state index in [4.69, 9.17) is 39.9 Å². The van der Waals surface area contributed by atoms with Crippen LogP contribution in [-0.4, -0.2) is 64.0 Å². The second-order valence-corrected chi connectivity index (χ2v) is 7.89. The molecule has 2 atom stereocenters. The molecule has 13 heteroatoms. The number of hydrogen-bond acceptors (Lipinski definition) is 5. The lowest BCUT2D eigenvalue weighted by Gasteiger charge is -2.37. The van der Waals surface area contributed by atoms with Crippen molar-refractivity contribution in [2.24, 2.45) is 5.92 Å². The highest BCUT2D eigenvalue weighted by Crippen LogP contribution is 2.45. The number of benzene rings is 1. The fourth-order valence-corrected chi connectivity index (χ4v) is 4.00. The third-order valence-electron chi connectivity index (χ3n) is 4.81. The van der Waals surface area contributed by atoms with E-state index in [0.29, 0.717) is 0 Å². The van der Waals surface area contributed by atoms with Gasteiger partial charge in [-0.3, -0.25) is 9.59 Å². The standard InChI is InChI=1S/C17H18Cl3F3N2O5/c18-8-5-9(27)11(13(20)12(8)19)14(24-16(30)17(21,22)23)7-1-3-25(4-2-7)15(29)10(28)6-26/h5,7,10,14,26-28H,1-4,6H2,(H,24,30)/t10-,14-/m1/s1. The molecule has 2 rings (SSSR count). The minimum absolute atomic E-state index is 0.0403. The SMILES string of the molecule is O=C([C@H](O)CO)N1CCC([C@@H](NC(=O)C(F)(F)F)c2c(O)cc(Cl)c(Cl)c2Cl)CC1. The molecule has 0 bridgehead atoms. The van der Waals surface area contributed by atoms with Gasteiger partial charge in [0.25, 0.3) is 5.91 Å². The predicted octanol–water partition coefficient (Wildman–Crippen LogP) is 2.66. The maximum atomic E-state index is 12.9. The highest BCUT2D eigenvalue weighted by Gasteiger charge is 2.43. The van der Waals surface area contributed by atoms with Gasteiger partial charge in [0.05, 0.1) is 27.7 Å². The van der Waals surface area contributed by atoms with Crippen molar-refractivity contribution in [1.29, 1.82) is 0 Å². The number of phenolic OH excluding ortho intramolecular Hbond substituents is 1. The van der Waals surface area contributed by atoms with Crippen molar-refractivity contribution < 1.29 is 38.1 Å². The van der Waals surface area contributed by atoms with Crippen molar-refractivity contribution in [3.8, 4) is 5.75 Å². The van der Waals surface area contributed by atoms with Gasteiger partial charge >= 0.3 is 12.1 Å². The Bertz CT molecular complexity index is 817. The fraction of sp³-hybridized carbons (Fsp3) is 0.529. The Morgan fingerprint density at radius 2 is 1.77 bits per heavy atom. The normalized spacial score (nSPS) is 17.5. The summed E-state index contributed by atoms with van der Waals surface area (Å²) in [7, 11) is 0. The number of phenols is 1. The quantitative estimate of drug-likeness (QED) is 0.472. The molecule has 1 heterocycles. The molecule has 0 radical (unpaired) electrons. The van der Waals surface area contributed by atoms with E-state index in [0.717, 1.165) is 6.07 Å². The molecule has 1 saturated heterocycles. The van der Waals surface area contributed by atoms with Crippen LogP contribution in [0.1, 0.15) is 24.4 Å². The molecule has 2 amide bonds. The summed E-state index contributed by atoms with van der Waals surface area (Å²) >= 11 is 17.9. The third-order valence-corrected chi connectivity index (χ3v) is 6.09. The number of aromatic hydroxyl groups is 1. The van der Waals surface area contributed by atoms with E-state index < -0.39 is 48.4 Å². The molecule has 4 N–H and O–H groups in total. The summed E-state index contributed by atoms with van der Waals surface area (Å²) in [6, 6.07) is -0.366. The van der Waals surface area contributed by atoms with Gasteiger partial charge in [0, 0.05) is 24.7 Å². The highest BCUT2D eigenvalue weighted by molar-refractivity contribution is 6.48. The van der Waals surface area contributed by atoms with Crippen LogP contribution in [0.25, 0.3) is 0 Å². The molecule has 0 saturated carbocycles. The summed E-state index contributed by atoms with van der Waals surface area (Å²) in [6.07, 6.45) is -6.56. The van der Waals surface area contributed by atoms with Gasteiger partial charge in [0.15, 0.2) is 6.10 Å². The Morgan fingerprint density at radius 3 is 2.27 bits per heavy atom. The first kappa shape index (κ1) is 24.8. The van der Waals surface area contributed by atoms with E-state index in [2.05, 4.69) is 0 Å². The van der Waals surface area contributed by atoms with Gasteiger partial charge in [-0.1, -0.05) is 34.8 Å². The number of piperidine rings is 1. The number of carbonyl (C=O) groups excluding carboxylic acids is 2. The molecule has 1 aromatic rings. The maximum Gasteiger partial charge on any atom is 0.471 e. The van der Waals surface area contributed by atoms with E-state index >= 15 is 0 Å². The Kier molecular flexibility index (Phi) is 8.09. The van der Waals surface area contributed by atoms with Crippen LogP contribution in [0.5, 0.6) is 5.75 Å². The Balaban J connectivity index is 2.34. The second kappa shape index (κ2) is 9.78. The van der Waals surface area contributed by atoms with Crippen LogP contribution in [-0.2, 0) is 9.59 Å². The van der Waals surface area contributed by atoms with Crippen molar-refractivity contribution in [3.63, 3.8) is 0 Å². The van der Waals surface area contributed by atoms with Crippen LogP contribution in [0.3, 0.4) is 0 Å². The zero-order valence-electron chi connectivity index (χ0n) is 15.2. The smallest absolute Gasteiger partial charge is 0.471 e. The number of aliphatic hydroxyl groups is 2. The summed E-state index contributed by atoms with van der Waals surface area (Å²) in [4.78, 5) is 24.8. The Morgan fingerprint density at radius 1 is 1.20 bits per heavy atom. The molecular formula is C17H18Cl3F3N2O5. The van der Waals surface area contributed by atoms with Gasteiger partial charge < -0.3 is 25.5 Å². The number of nitrogens with one attached hydrogen (secondary N) is 1. The number of rotatable bonds is 5. The van der Waals surface area contributed by atoms with Crippen LogP contribution in [0, 0.1) is 5.92 Å². The van der Waals surface area contributed by atoms with Gasteiger partial charge in [0.2, 0.25) is 0 Å². The molecule has 0 unspecified atom stereocenters. The fourth-order valence-electron chi connectivity index (χ4n) is 3.28. The minimum atomic E-state index is -5.18. The lowest BCUT2D eigenvalue weighted by Crippen LogP contribution is -2.48. The minimum Gasteiger partial charge on any atom is -0.507 e. The largest absolute Gasteiger partial charge is 0.507 e. The molecule has 0 aromatic heterocycles. The van der Waals surface area contributed by atoms with E-state index in [-0.39, 0.29) is 46.6 Å². The molecule has 1 aromatic carbocycles. The molecule has 30 heavy (non-hydrogen) atoms. The van der Waals surface area contributed by atoms with Gasteiger partial charge in [-0.25, -0.2) is 0 Å². The molecule has 168 valence electrons. The number of halogens is 6. The first-order valence-corrected chi connectivity index (χ1v) is 9.83. The molecule has 0 aliphatic carbocycles. The maximum absolute atomic E-state index is 12.9. The van der Waals surface area contributed by atoms with Crippen LogP contribution in [0.15, 0.2) is 6.07 Å². The van der Waals surface area contributed by atoms with Crippen molar-refractivity contribution in [2.75, 3.05) is 19.7 Å². The lowest BCUT2D eigenvalue weighted by atomic mass is 9.84. The Labute approximate surface area is 184 Å². The predicted molar refractivity (Wildman–Crippen MR) is 102 cm³/mol. The van der Waals surface area contributed by atoms with Crippen molar-refractivity contribution >= 4 is 46.6 Å². The Hall–Kier alpha value is -1.46. The van der Waals surface area contributed by atoms with E-state index in [1.165, 1.54) is 4.90 Å². The monoisotopic (exact) mass is 492 g/mol. The van der Waals surface area contributed by atoms with Crippen LogP contribution < -0.4 is 5.32 Å². The van der Waals surface area contributed by atoms with Crippen molar-refractivity contribution in [2.45, 2.75) is 31.2 Å². The number of aliphatic hydroxyl groups excluding tert-OH is 2. The van der Waals surface area contributed by atoms with Gasteiger partial charge in [-0.15, -0.1) is 0 Å². The van der Waals surface area contributed by atoms with E-state index in [1.807, 2.05) is 5.32 Å². The van der Waals surface area contributed by atoms with Gasteiger partial charge in [0.1, 0.15) is 5.75 Å². The number of alkyl halides is 3. The average molecular weight is 494 g/mol. The van der Waals surface area contributed by atoms with Crippen LogP contribution >= 0.6 is 34.8 Å². The van der Waals surface area contributed by atoms with Gasteiger partial charge in [-0.05, 0) is 18.8 Å². The lowest BCUT2D eigenvalue weighted by molar-refractivity contribution is -0.175. The van der Waals surface area contributed by atoms with Crippen LogP contribution in [0.2, 0.25) is 15.1 Å². The molecular weight excluding hydrogens is 476 g/mol. The molecule has 1 fully saturated rings. The first-order valence-electron chi connectivity index (χ1n) is 8.70. The summed E-state index contributed by atoms with van der Waals surface area (Å²) in [5.41, 5.74) is -0.219. The van der Waals surface area contributed by atoms with Crippen molar-refractivity contribution in [1.82, 2.24) is 10.2 Å². The summed E-state index contributed by atoms with van der Waals surface area (Å²) in [6.45, 7) is -0.687. The molecule has 1 aliphatic heterocycles. The zero-order chi connectivity index (χ0) is 22.8. The van der Waals surface area contributed by atoms with E-state index in [1.54, 1.807) is 0 Å². The van der Waals surface area contributed by atoms with Gasteiger partial charge in [-0.2, -0.15) is 13.2 Å². The second-order valence-electron chi connectivity index (χ2n) is 6.73. The summed E-state index contributed by atoms with van der Waals surface area (Å²) in [5.74, 6) is -4.16. The van der Waals surface area contributed by atoms with E-state index in [9.17, 15) is 33.0 Å². The zero-order valence-corrected chi connectivity index (χ0v) is 17.5. The molecule has 7 nitrogen and oxygen atoms in total. The number of nitrogens with zero attached hydrogens (tertiary/aromatic N) is 1. The third kappa shape index (κ3) is 5.42. The number of carbonyl (C=O) groups is 2. The molecule has 0 spiro atoms. The number of hydrogen-bond donors (Lipinski definition) is 4. The van der Waals surface area contributed by atoms with Crippen molar-refractivity contribution in [3.05, 3.63) is 26.7 Å². The summed E-state index contributed by atoms with van der Waals surface area (Å²) < 4.78 is 38.6. The highest BCUT2D eigenvalue weighted by atomic mass is 35.5. The average Bonchev–Trinajstić information content (AvgIpc) is 2.69. The number of likely N-dealkylation sites (tertiary alicyclic amines) is 1.